The first-order valence-corrected chi connectivity index (χ1v) is 7.48. The summed E-state index contributed by atoms with van der Waals surface area (Å²) < 4.78 is 3.40. The number of aromatic amines is 1. The summed E-state index contributed by atoms with van der Waals surface area (Å²) in [6.45, 7) is 3.85. The Bertz CT molecular complexity index is 1020. The van der Waals surface area contributed by atoms with Gasteiger partial charge in [-0.05, 0) is 38.1 Å². The second-order valence-corrected chi connectivity index (χ2v) is 5.63. The summed E-state index contributed by atoms with van der Waals surface area (Å²) in [5.74, 6) is -0.0902. The Labute approximate surface area is 137 Å². The lowest BCUT2D eigenvalue weighted by atomic mass is 10.3. The van der Waals surface area contributed by atoms with Gasteiger partial charge in [-0.25, -0.2) is 9.78 Å². The number of H-pyrrole nitrogens is 1. The van der Waals surface area contributed by atoms with Gasteiger partial charge in [0.15, 0.2) is 5.82 Å². The molecule has 0 aliphatic carbocycles. The van der Waals surface area contributed by atoms with Crippen LogP contribution in [-0.4, -0.2) is 35.4 Å². The van der Waals surface area contributed by atoms with Crippen LogP contribution in [0.1, 0.15) is 21.7 Å². The first kappa shape index (κ1) is 14.3. The summed E-state index contributed by atoms with van der Waals surface area (Å²) >= 11 is 0. The predicted octanol–water partition coefficient (Wildman–Crippen LogP) is 2.85. The molecule has 24 heavy (non-hydrogen) atoms. The number of fused-ring (bicyclic) bond motifs is 1. The zero-order chi connectivity index (χ0) is 16.8. The molecule has 0 aliphatic heterocycles. The normalized spacial score (nSPS) is 11.2. The van der Waals surface area contributed by atoms with Gasteiger partial charge in [0.05, 0.1) is 17.2 Å². The average molecular weight is 321 g/mol. The number of aromatic carboxylic acids is 1. The molecule has 0 fully saturated rings. The molecule has 0 spiro atoms. The first-order chi connectivity index (χ1) is 11.6. The second-order valence-electron chi connectivity index (χ2n) is 5.63. The molecule has 0 amide bonds. The lowest BCUT2D eigenvalue weighted by Crippen LogP contribution is -2.12. The molecule has 0 saturated carbocycles. The standard InChI is InChI=1S/C17H15N5O2/c1-10-7-8-11(2)21(10)15-12(16(23)24)9-18-22(15)17-19-13-5-3-4-6-14(13)20-17/h3-9H,1-2H3,(H,19,20)(H,23,24). The molecule has 120 valence electrons. The van der Waals surface area contributed by atoms with Gasteiger partial charge in [0.1, 0.15) is 5.56 Å². The molecule has 4 aromatic rings. The number of hydrogen-bond donors (Lipinski definition) is 2. The number of hydrogen-bond acceptors (Lipinski definition) is 3. The maximum absolute atomic E-state index is 11.7. The molecule has 0 unspecified atom stereocenters. The van der Waals surface area contributed by atoms with Crippen molar-refractivity contribution in [3.63, 3.8) is 0 Å². The van der Waals surface area contributed by atoms with E-state index < -0.39 is 5.97 Å². The molecule has 4 rings (SSSR count). The minimum atomic E-state index is -1.03. The van der Waals surface area contributed by atoms with Crippen LogP contribution in [0.15, 0.2) is 42.6 Å². The summed E-state index contributed by atoms with van der Waals surface area (Å²) in [5.41, 5.74) is 3.64. The van der Waals surface area contributed by atoms with E-state index in [1.807, 2.05) is 54.8 Å². The van der Waals surface area contributed by atoms with E-state index in [2.05, 4.69) is 15.1 Å². The number of benzene rings is 1. The molecule has 0 radical (unpaired) electrons. The van der Waals surface area contributed by atoms with Gasteiger partial charge >= 0.3 is 5.97 Å². The van der Waals surface area contributed by atoms with E-state index in [1.54, 1.807) is 0 Å². The van der Waals surface area contributed by atoms with Crippen molar-refractivity contribution in [2.24, 2.45) is 0 Å². The SMILES string of the molecule is Cc1ccc(C)n1-c1c(C(=O)O)cnn1-c1nc2ccccc2[nH]1. The van der Waals surface area contributed by atoms with Crippen molar-refractivity contribution in [2.45, 2.75) is 13.8 Å². The molecular weight excluding hydrogens is 306 g/mol. The largest absolute Gasteiger partial charge is 0.477 e. The maximum Gasteiger partial charge on any atom is 0.341 e. The molecule has 1 aromatic carbocycles. The van der Waals surface area contributed by atoms with Gasteiger partial charge in [0.25, 0.3) is 0 Å². The number of aryl methyl sites for hydroxylation is 2. The Morgan fingerprint density at radius 3 is 2.50 bits per heavy atom. The van der Waals surface area contributed by atoms with E-state index in [9.17, 15) is 9.90 Å². The van der Waals surface area contributed by atoms with Crippen molar-refractivity contribution in [1.29, 1.82) is 0 Å². The quantitative estimate of drug-likeness (QED) is 0.607. The fraction of sp³-hybridized carbons (Fsp3) is 0.118. The summed E-state index contributed by atoms with van der Waals surface area (Å²) in [5, 5.41) is 13.8. The summed E-state index contributed by atoms with van der Waals surface area (Å²) in [6, 6.07) is 11.5. The molecule has 2 N–H and O–H groups in total. The number of imidazole rings is 1. The predicted molar refractivity (Wildman–Crippen MR) is 89.0 cm³/mol. The van der Waals surface area contributed by atoms with Gasteiger partial charge in [-0.15, -0.1) is 0 Å². The third-order valence-corrected chi connectivity index (χ3v) is 4.03. The third kappa shape index (κ3) is 2.02. The van der Waals surface area contributed by atoms with Crippen molar-refractivity contribution in [2.75, 3.05) is 0 Å². The number of carbonyl (C=O) groups is 1. The Balaban J connectivity index is 2.01. The number of nitrogens with one attached hydrogen (secondary N) is 1. The average Bonchev–Trinajstić information content (AvgIpc) is 3.23. The Kier molecular flexibility index (Phi) is 3.02. The van der Waals surface area contributed by atoms with Crippen LogP contribution < -0.4 is 0 Å². The molecule has 0 atom stereocenters. The molecule has 3 heterocycles. The van der Waals surface area contributed by atoms with Crippen LogP contribution in [0.25, 0.3) is 22.8 Å². The van der Waals surface area contributed by atoms with Gasteiger partial charge in [0.2, 0.25) is 5.95 Å². The van der Waals surface area contributed by atoms with Crippen LogP contribution in [0.4, 0.5) is 0 Å². The van der Waals surface area contributed by atoms with Crippen LogP contribution in [0.5, 0.6) is 0 Å². The van der Waals surface area contributed by atoms with E-state index in [-0.39, 0.29) is 5.56 Å². The van der Waals surface area contributed by atoms with Crippen LogP contribution >= 0.6 is 0 Å². The van der Waals surface area contributed by atoms with Crippen molar-refractivity contribution in [1.82, 2.24) is 24.3 Å². The maximum atomic E-state index is 11.7. The molecule has 0 bridgehead atoms. The Morgan fingerprint density at radius 1 is 1.12 bits per heavy atom. The molecule has 7 nitrogen and oxygen atoms in total. The van der Waals surface area contributed by atoms with E-state index in [1.165, 1.54) is 10.9 Å². The number of nitrogens with zero attached hydrogens (tertiary/aromatic N) is 4. The van der Waals surface area contributed by atoms with Crippen molar-refractivity contribution in [3.8, 4) is 11.8 Å². The van der Waals surface area contributed by atoms with Crippen molar-refractivity contribution < 1.29 is 9.90 Å². The highest BCUT2D eigenvalue weighted by Crippen LogP contribution is 2.23. The van der Waals surface area contributed by atoms with Gasteiger partial charge in [0, 0.05) is 11.4 Å². The molecular formula is C17H15N5O2. The summed E-state index contributed by atoms with van der Waals surface area (Å²) in [4.78, 5) is 19.4. The fourth-order valence-electron chi connectivity index (χ4n) is 2.91. The van der Waals surface area contributed by atoms with Crippen LogP contribution in [0.3, 0.4) is 0 Å². The third-order valence-electron chi connectivity index (χ3n) is 4.03. The molecule has 3 aromatic heterocycles. The van der Waals surface area contributed by atoms with Crippen LogP contribution in [-0.2, 0) is 0 Å². The molecule has 0 aliphatic rings. The monoisotopic (exact) mass is 321 g/mol. The Morgan fingerprint density at radius 2 is 1.83 bits per heavy atom. The van der Waals surface area contributed by atoms with Gasteiger partial charge < -0.3 is 14.7 Å². The number of carboxylic acid groups (broad SMARTS) is 1. The number of para-hydroxylation sites is 2. The zero-order valence-electron chi connectivity index (χ0n) is 13.2. The Hall–Kier alpha value is -3.35. The highest BCUT2D eigenvalue weighted by atomic mass is 16.4. The topological polar surface area (TPSA) is 88.7 Å². The highest BCUT2D eigenvalue weighted by Gasteiger charge is 2.23. The number of aromatic nitrogens is 5. The van der Waals surface area contributed by atoms with E-state index in [0.717, 1.165) is 22.4 Å². The van der Waals surface area contributed by atoms with E-state index in [4.69, 9.17) is 0 Å². The van der Waals surface area contributed by atoms with Gasteiger partial charge in [-0.1, -0.05) is 12.1 Å². The molecule has 7 heteroatoms. The number of rotatable bonds is 3. The second kappa shape index (κ2) is 5.09. The molecule has 0 saturated heterocycles. The van der Waals surface area contributed by atoms with E-state index >= 15 is 0 Å². The van der Waals surface area contributed by atoms with Crippen molar-refractivity contribution in [3.05, 3.63) is 59.5 Å². The number of carboxylic acids is 1. The lowest BCUT2D eigenvalue weighted by Gasteiger charge is -2.12. The smallest absolute Gasteiger partial charge is 0.341 e. The lowest BCUT2D eigenvalue weighted by molar-refractivity contribution is 0.0697. The minimum Gasteiger partial charge on any atom is -0.477 e. The highest BCUT2D eigenvalue weighted by molar-refractivity contribution is 5.91. The van der Waals surface area contributed by atoms with Crippen LogP contribution in [0.2, 0.25) is 0 Å². The van der Waals surface area contributed by atoms with Gasteiger partial charge in [-0.2, -0.15) is 9.78 Å². The van der Waals surface area contributed by atoms with E-state index in [0.29, 0.717) is 11.8 Å². The first-order valence-electron chi connectivity index (χ1n) is 7.48. The minimum absolute atomic E-state index is 0.123. The van der Waals surface area contributed by atoms with Crippen molar-refractivity contribution >= 4 is 17.0 Å². The van der Waals surface area contributed by atoms with Gasteiger partial charge in [-0.3, -0.25) is 0 Å². The van der Waals surface area contributed by atoms with Crippen LogP contribution in [0, 0.1) is 13.8 Å². The fourth-order valence-corrected chi connectivity index (χ4v) is 2.91. The summed E-state index contributed by atoms with van der Waals surface area (Å²) in [7, 11) is 0. The zero-order valence-corrected chi connectivity index (χ0v) is 13.2. The summed E-state index contributed by atoms with van der Waals surface area (Å²) in [6.07, 6.45) is 1.35.